The number of anilines is 3. The first-order valence-electron chi connectivity index (χ1n) is 9.25. The molecule has 0 radical (unpaired) electrons. The maximum atomic E-state index is 13.0. The molecular formula is C21H22F3N5O. The van der Waals surface area contributed by atoms with E-state index in [4.69, 9.17) is 0 Å². The molecule has 3 rings (SSSR count). The van der Waals surface area contributed by atoms with Crippen molar-refractivity contribution in [3.05, 3.63) is 72.1 Å². The molecule has 0 aliphatic carbocycles. The molecule has 6 nitrogen and oxygen atoms in total. The van der Waals surface area contributed by atoms with Gasteiger partial charge in [-0.2, -0.15) is 18.3 Å². The van der Waals surface area contributed by atoms with Crippen molar-refractivity contribution in [1.82, 2.24) is 9.78 Å². The Kier molecular flexibility index (Phi) is 6.29. The maximum Gasteiger partial charge on any atom is 0.416 e. The third-order valence-electron chi connectivity index (χ3n) is 4.42. The summed E-state index contributed by atoms with van der Waals surface area (Å²) in [5.41, 5.74) is 0.979. The Hall–Kier alpha value is -3.49. The summed E-state index contributed by atoms with van der Waals surface area (Å²) in [5, 5.41) is 10.1. The quantitative estimate of drug-likeness (QED) is 0.601. The fourth-order valence-electron chi connectivity index (χ4n) is 2.89. The second kappa shape index (κ2) is 8.89. The standard InChI is InChI=1S/C21H22F3N5O/c1-28(2)19-14-15(21(22,23)24)4-9-18(19)20(30)27-17-7-5-16(6-8-17)25-11-13-29-12-3-10-26-29/h3-10,12,14,25H,11,13H2,1-2H3,(H,27,30). The van der Waals surface area contributed by atoms with Crippen LogP contribution in [0.25, 0.3) is 0 Å². The molecule has 1 heterocycles. The summed E-state index contributed by atoms with van der Waals surface area (Å²) in [5.74, 6) is -0.480. The Bertz CT molecular complexity index is 983. The number of carbonyl (C=O) groups excluding carboxylic acids is 1. The number of aromatic nitrogens is 2. The minimum absolute atomic E-state index is 0.162. The van der Waals surface area contributed by atoms with Crippen molar-refractivity contribution in [1.29, 1.82) is 0 Å². The Balaban J connectivity index is 1.65. The van der Waals surface area contributed by atoms with Crippen molar-refractivity contribution >= 4 is 23.0 Å². The molecule has 158 valence electrons. The van der Waals surface area contributed by atoms with Crippen molar-refractivity contribution in [2.45, 2.75) is 12.7 Å². The summed E-state index contributed by atoms with van der Waals surface area (Å²) in [6, 6.07) is 12.0. The van der Waals surface area contributed by atoms with Gasteiger partial charge in [0.15, 0.2) is 0 Å². The molecule has 9 heteroatoms. The molecule has 0 saturated carbocycles. The van der Waals surface area contributed by atoms with Crippen LogP contribution in [-0.2, 0) is 12.7 Å². The maximum absolute atomic E-state index is 13.0. The van der Waals surface area contributed by atoms with Crippen LogP contribution in [0.2, 0.25) is 0 Å². The van der Waals surface area contributed by atoms with Gasteiger partial charge in [-0.25, -0.2) is 0 Å². The number of rotatable bonds is 7. The highest BCUT2D eigenvalue weighted by Crippen LogP contribution is 2.33. The fourth-order valence-corrected chi connectivity index (χ4v) is 2.89. The van der Waals surface area contributed by atoms with Crippen molar-refractivity contribution < 1.29 is 18.0 Å². The zero-order valence-electron chi connectivity index (χ0n) is 16.6. The zero-order valence-corrected chi connectivity index (χ0v) is 16.6. The van der Waals surface area contributed by atoms with Crippen molar-refractivity contribution in [3.63, 3.8) is 0 Å². The minimum Gasteiger partial charge on any atom is -0.383 e. The van der Waals surface area contributed by atoms with Gasteiger partial charge < -0.3 is 15.5 Å². The summed E-state index contributed by atoms with van der Waals surface area (Å²) in [4.78, 5) is 14.1. The summed E-state index contributed by atoms with van der Waals surface area (Å²) in [6.45, 7) is 1.40. The second-order valence-electron chi connectivity index (χ2n) is 6.85. The van der Waals surface area contributed by atoms with Crippen LogP contribution in [0.5, 0.6) is 0 Å². The molecule has 30 heavy (non-hydrogen) atoms. The van der Waals surface area contributed by atoms with Crippen molar-refractivity contribution in [2.75, 3.05) is 36.2 Å². The molecule has 0 spiro atoms. The summed E-state index contributed by atoms with van der Waals surface area (Å²) in [6.07, 6.45) is -0.876. The molecule has 0 fully saturated rings. The van der Waals surface area contributed by atoms with Crippen LogP contribution < -0.4 is 15.5 Å². The molecule has 0 atom stereocenters. The first-order valence-corrected chi connectivity index (χ1v) is 9.25. The smallest absolute Gasteiger partial charge is 0.383 e. The van der Waals surface area contributed by atoms with E-state index in [-0.39, 0.29) is 11.3 Å². The molecular weight excluding hydrogens is 395 g/mol. The SMILES string of the molecule is CN(C)c1cc(C(F)(F)F)ccc1C(=O)Nc1ccc(NCCn2cccn2)cc1. The molecule has 1 amide bonds. The molecule has 2 N–H and O–H groups in total. The van der Waals surface area contributed by atoms with Crippen LogP contribution in [0, 0.1) is 0 Å². The van der Waals surface area contributed by atoms with Crippen molar-refractivity contribution in [2.24, 2.45) is 0 Å². The normalized spacial score (nSPS) is 11.2. The number of nitrogens with zero attached hydrogens (tertiary/aromatic N) is 3. The van der Waals surface area contributed by atoms with Crippen LogP contribution in [0.4, 0.5) is 30.2 Å². The van der Waals surface area contributed by atoms with E-state index in [9.17, 15) is 18.0 Å². The predicted octanol–water partition coefficient (Wildman–Crippen LogP) is 4.33. The van der Waals surface area contributed by atoms with E-state index in [1.165, 1.54) is 11.0 Å². The largest absolute Gasteiger partial charge is 0.416 e. The highest BCUT2D eigenvalue weighted by Gasteiger charge is 2.31. The van der Waals surface area contributed by atoms with Gasteiger partial charge in [0, 0.05) is 50.1 Å². The minimum atomic E-state index is -4.47. The van der Waals surface area contributed by atoms with E-state index < -0.39 is 17.6 Å². The summed E-state index contributed by atoms with van der Waals surface area (Å²) >= 11 is 0. The molecule has 2 aromatic carbocycles. The fraction of sp³-hybridized carbons (Fsp3) is 0.238. The third kappa shape index (κ3) is 5.31. The van der Waals surface area contributed by atoms with E-state index in [1.807, 2.05) is 29.1 Å². The summed E-state index contributed by atoms with van der Waals surface area (Å²) in [7, 11) is 3.19. The van der Waals surface area contributed by atoms with Crippen LogP contribution in [0.1, 0.15) is 15.9 Å². The highest BCUT2D eigenvalue weighted by atomic mass is 19.4. The number of carbonyl (C=O) groups is 1. The van der Waals surface area contributed by atoms with Gasteiger partial charge in [0.05, 0.1) is 17.7 Å². The molecule has 1 aromatic heterocycles. The van der Waals surface area contributed by atoms with Crippen LogP contribution in [-0.4, -0.2) is 36.3 Å². The van der Waals surface area contributed by atoms with Gasteiger partial charge in [-0.15, -0.1) is 0 Å². The van der Waals surface area contributed by atoms with Crippen LogP contribution in [0.15, 0.2) is 60.9 Å². The first-order chi connectivity index (χ1) is 14.2. The molecule has 0 bridgehead atoms. The number of alkyl halides is 3. The molecule has 3 aromatic rings. The number of hydrogen-bond acceptors (Lipinski definition) is 4. The lowest BCUT2D eigenvalue weighted by atomic mass is 10.1. The molecule has 0 aliphatic heterocycles. The Morgan fingerprint density at radius 1 is 1.10 bits per heavy atom. The number of nitrogens with one attached hydrogen (secondary N) is 2. The highest BCUT2D eigenvalue weighted by molar-refractivity contribution is 6.08. The average Bonchev–Trinajstić information content (AvgIpc) is 3.21. The lowest BCUT2D eigenvalue weighted by Gasteiger charge is -2.19. The second-order valence-corrected chi connectivity index (χ2v) is 6.85. The Morgan fingerprint density at radius 3 is 2.40 bits per heavy atom. The third-order valence-corrected chi connectivity index (χ3v) is 4.42. The lowest BCUT2D eigenvalue weighted by Crippen LogP contribution is -2.20. The number of hydrogen-bond donors (Lipinski definition) is 2. The van der Waals surface area contributed by atoms with Gasteiger partial charge in [-0.05, 0) is 48.5 Å². The topological polar surface area (TPSA) is 62.2 Å². The molecule has 0 saturated heterocycles. The van der Waals surface area contributed by atoms with Gasteiger partial charge >= 0.3 is 6.18 Å². The Labute approximate surface area is 172 Å². The first kappa shape index (κ1) is 21.2. The Morgan fingerprint density at radius 2 is 1.80 bits per heavy atom. The predicted molar refractivity (Wildman–Crippen MR) is 111 cm³/mol. The lowest BCUT2D eigenvalue weighted by molar-refractivity contribution is -0.137. The van der Waals surface area contributed by atoms with Gasteiger partial charge in [-0.3, -0.25) is 9.48 Å². The van der Waals surface area contributed by atoms with Crippen LogP contribution in [0.3, 0.4) is 0 Å². The van der Waals surface area contributed by atoms with E-state index in [1.54, 1.807) is 32.4 Å². The summed E-state index contributed by atoms with van der Waals surface area (Å²) < 4.78 is 40.8. The van der Waals surface area contributed by atoms with E-state index in [2.05, 4.69) is 15.7 Å². The number of benzene rings is 2. The van der Waals surface area contributed by atoms with E-state index >= 15 is 0 Å². The van der Waals surface area contributed by atoms with Crippen molar-refractivity contribution in [3.8, 4) is 0 Å². The number of amides is 1. The number of halogens is 3. The van der Waals surface area contributed by atoms with Gasteiger partial charge in [0.25, 0.3) is 5.91 Å². The average molecular weight is 417 g/mol. The van der Waals surface area contributed by atoms with E-state index in [0.717, 1.165) is 17.8 Å². The zero-order chi connectivity index (χ0) is 21.7. The van der Waals surface area contributed by atoms with Gasteiger partial charge in [-0.1, -0.05) is 0 Å². The van der Waals surface area contributed by atoms with E-state index in [0.29, 0.717) is 18.8 Å². The molecule has 0 unspecified atom stereocenters. The monoisotopic (exact) mass is 417 g/mol. The van der Waals surface area contributed by atoms with Gasteiger partial charge in [0.2, 0.25) is 0 Å². The molecule has 0 aliphatic rings. The van der Waals surface area contributed by atoms with Gasteiger partial charge in [0.1, 0.15) is 0 Å². The van der Waals surface area contributed by atoms with Crippen LogP contribution >= 0.6 is 0 Å².